The Balaban J connectivity index is 1.51. The molecule has 0 unspecified atom stereocenters. The molecule has 1 amide bonds. The minimum atomic E-state index is -1.76. The molecule has 6 nitrogen and oxygen atoms in total. The molecule has 0 saturated carbocycles. The highest BCUT2D eigenvalue weighted by molar-refractivity contribution is 6.74. The second-order valence-corrected chi connectivity index (χ2v) is 14.9. The fraction of sp³-hybridized carbons (Fsp3) is 0.444. The van der Waals surface area contributed by atoms with E-state index in [4.69, 9.17) is 13.6 Å². The van der Waals surface area contributed by atoms with Gasteiger partial charge in [-0.3, -0.25) is 5.32 Å². The van der Waals surface area contributed by atoms with E-state index in [-0.39, 0.29) is 11.6 Å². The summed E-state index contributed by atoms with van der Waals surface area (Å²) in [7, 11) is -1.76. The van der Waals surface area contributed by atoms with Gasteiger partial charge in [0.15, 0.2) is 14.9 Å². The van der Waals surface area contributed by atoms with E-state index in [2.05, 4.69) is 51.0 Å². The Hall–Kier alpha value is -2.77. The van der Waals surface area contributed by atoms with Gasteiger partial charge in [0.2, 0.25) is 0 Å². The Morgan fingerprint density at radius 1 is 1.06 bits per heavy atom. The minimum absolute atomic E-state index is 0.0805. The summed E-state index contributed by atoms with van der Waals surface area (Å²) in [6.45, 7) is 16.1. The van der Waals surface area contributed by atoms with Crippen LogP contribution in [0.5, 0.6) is 0 Å². The third-order valence-corrected chi connectivity index (χ3v) is 11.0. The molecular weight excluding hydrogens is 444 g/mol. The molecule has 0 fully saturated rings. The van der Waals surface area contributed by atoms with Crippen molar-refractivity contribution in [1.29, 1.82) is 0 Å². The molecule has 0 bridgehead atoms. The Morgan fingerprint density at radius 2 is 1.76 bits per heavy atom. The molecule has 0 saturated heterocycles. The fourth-order valence-corrected chi connectivity index (χ4v) is 4.46. The zero-order valence-corrected chi connectivity index (χ0v) is 22.3. The highest BCUT2D eigenvalue weighted by Gasteiger charge is 2.37. The maximum absolute atomic E-state index is 12.2. The second-order valence-electron chi connectivity index (χ2n) is 10.1. The largest absolute Gasteiger partial charge is 0.457 e. The van der Waals surface area contributed by atoms with Crippen LogP contribution in [-0.2, 0) is 15.8 Å². The molecule has 0 aliphatic heterocycles. The summed E-state index contributed by atoms with van der Waals surface area (Å²) in [5, 5.41) is 3.98. The first-order valence-electron chi connectivity index (χ1n) is 12.0. The Labute approximate surface area is 204 Å². The van der Waals surface area contributed by atoms with Gasteiger partial charge in [0.05, 0.1) is 6.61 Å². The molecule has 1 heterocycles. The standard InChI is InChI=1S/C27H38N2O4Si/c1-7-16-29(17-18-32-34(5,6)27(2,3)4)23-14-12-22(13-15-23)28-26(30)31-20-24-19-21-10-8-9-11-25(21)33-24/h8-15,19H,7,16-18,20H2,1-6H3,(H,28,30). The molecule has 1 N–H and O–H groups in total. The van der Waals surface area contributed by atoms with Crippen molar-refractivity contribution in [2.24, 2.45) is 0 Å². The van der Waals surface area contributed by atoms with Gasteiger partial charge in [0.25, 0.3) is 0 Å². The first-order valence-corrected chi connectivity index (χ1v) is 14.9. The second kappa shape index (κ2) is 11.1. The van der Waals surface area contributed by atoms with Crippen molar-refractivity contribution in [2.75, 3.05) is 29.9 Å². The van der Waals surface area contributed by atoms with Gasteiger partial charge in [-0.05, 0) is 61.0 Å². The predicted molar refractivity (Wildman–Crippen MR) is 142 cm³/mol. The van der Waals surface area contributed by atoms with Crippen molar-refractivity contribution >= 4 is 36.8 Å². The number of carbonyl (C=O) groups is 1. The highest BCUT2D eigenvalue weighted by atomic mass is 28.4. The van der Waals surface area contributed by atoms with Gasteiger partial charge in [-0.25, -0.2) is 4.79 Å². The van der Waals surface area contributed by atoms with Gasteiger partial charge in [0, 0.05) is 29.9 Å². The number of anilines is 2. The van der Waals surface area contributed by atoms with Crippen LogP contribution in [0.15, 0.2) is 59.0 Å². The number of nitrogens with one attached hydrogen (secondary N) is 1. The number of nitrogens with zero attached hydrogens (tertiary/aromatic N) is 1. The van der Waals surface area contributed by atoms with Gasteiger partial charge in [0.1, 0.15) is 11.3 Å². The molecule has 0 radical (unpaired) electrons. The van der Waals surface area contributed by atoms with E-state index in [9.17, 15) is 4.79 Å². The molecule has 1 aromatic heterocycles. The summed E-state index contributed by atoms with van der Waals surface area (Å²) in [4.78, 5) is 14.6. The number of amides is 1. The van der Waals surface area contributed by atoms with Crippen LogP contribution >= 0.6 is 0 Å². The Morgan fingerprint density at radius 3 is 2.41 bits per heavy atom. The number of carbonyl (C=O) groups excluding carboxylic acids is 1. The summed E-state index contributed by atoms with van der Waals surface area (Å²) >= 11 is 0. The van der Waals surface area contributed by atoms with Gasteiger partial charge in [-0.2, -0.15) is 0 Å². The van der Waals surface area contributed by atoms with Crippen LogP contribution in [0, 0.1) is 0 Å². The Bertz CT molecular complexity index is 1040. The number of ether oxygens (including phenoxy) is 1. The number of fused-ring (bicyclic) bond motifs is 1. The van der Waals surface area contributed by atoms with Crippen molar-refractivity contribution in [3.05, 3.63) is 60.4 Å². The van der Waals surface area contributed by atoms with E-state index in [1.165, 1.54) is 0 Å². The summed E-state index contributed by atoms with van der Waals surface area (Å²) in [6, 6.07) is 17.4. The zero-order valence-electron chi connectivity index (χ0n) is 21.3. The summed E-state index contributed by atoms with van der Waals surface area (Å²) < 4.78 is 17.4. The molecule has 184 valence electrons. The molecule has 3 aromatic rings. The number of hydrogen-bond acceptors (Lipinski definition) is 5. The topological polar surface area (TPSA) is 63.9 Å². The van der Waals surface area contributed by atoms with E-state index in [1.54, 1.807) is 0 Å². The normalized spacial score (nSPS) is 12.1. The minimum Gasteiger partial charge on any atom is -0.457 e. The summed E-state index contributed by atoms with van der Waals surface area (Å²) in [6.07, 6.45) is 0.537. The predicted octanol–water partition coefficient (Wildman–Crippen LogP) is 7.42. The maximum atomic E-state index is 12.2. The van der Waals surface area contributed by atoms with E-state index in [0.29, 0.717) is 18.1 Å². The first kappa shape index (κ1) is 25.8. The van der Waals surface area contributed by atoms with Crippen molar-refractivity contribution in [2.45, 2.75) is 58.9 Å². The van der Waals surface area contributed by atoms with E-state index in [1.807, 2.05) is 54.6 Å². The Kier molecular flexibility index (Phi) is 8.44. The lowest BCUT2D eigenvalue weighted by Crippen LogP contribution is -2.43. The van der Waals surface area contributed by atoms with Crippen LogP contribution in [0.2, 0.25) is 18.1 Å². The van der Waals surface area contributed by atoms with Gasteiger partial charge < -0.3 is 18.5 Å². The van der Waals surface area contributed by atoms with E-state index >= 15 is 0 Å². The van der Waals surface area contributed by atoms with Gasteiger partial charge in [-0.1, -0.05) is 45.9 Å². The van der Waals surface area contributed by atoms with Crippen molar-refractivity contribution in [1.82, 2.24) is 0 Å². The SMILES string of the molecule is CCCN(CCO[Si](C)(C)C(C)(C)C)c1ccc(NC(=O)OCc2cc3ccccc3o2)cc1. The van der Waals surface area contributed by atoms with Crippen molar-refractivity contribution < 1.29 is 18.4 Å². The number of benzene rings is 2. The van der Waals surface area contributed by atoms with E-state index in [0.717, 1.165) is 36.2 Å². The molecule has 34 heavy (non-hydrogen) atoms. The molecule has 0 atom stereocenters. The molecule has 0 spiro atoms. The molecule has 7 heteroatoms. The lowest BCUT2D eigenvalue weighted by atomic mass is 10.2. The number of rotatable bonds is 10. The van der Waals surface area contributed by atoms with Crippen molar-refractivity contribution in [3.63, 3.8) is 0 Å². The zero-order chi connectivity index (χ0) is 24.8. The van der Waals surface area contributed by atoms with E-state index < -0.39 is 14.4 Å². The number of para-hydroxylation sites is 1. The summed E-state index contributed by atoms with van der Waals surface area (Å²) in [5.74, 6) is 0.613. The fourth-order valence-electron chi connectivity index (χ4n) is 3.42. The molecule has 2 aromatic carbocycles. The molecule has 3 rings (SSSR count). The average Bonchev–Trinajstić information content (AvgIpc) is 3.20. The molecule has 0 aliphatic carbocycles. The van der Waals surface area contributed by atoms with Gasteiger partial charge >= 0.3 is 6.09 Å². The van der Waals surface area contributed by atoms with Crippen LogP contribution in [0.1, 0.15) is 39.9 Å². The summed E-state index contributed by atoms with van der Waals surface area (Å²) in [5.41, 5.74) is 2.58. The van der Waals surface area contributed by atoms with Crippen LogP contribution in [0.4, 0.5) is 16.2 Å². The first-order chi connectivity index (χ1) is 16.1. The molecular formula is C27H38N2O4Si. The van der Waals surface area contributed by atoms with Gasteiger partial charge in [-0.15, -0.1) is 0 Å². The van der Waals surface area contributed by atoms with Crippen molar-refractivity contribution in [3.8, 4) is 0 Å². The number of hydrogen-bond donors (Lipinski definition) is 1. The third kappa shape index (κ3) is 6.87. The smallest absolute Gasteiger partial charge is 0.412 e. The average molecular weight is 483 g/mol. The highest BCUT2D eigenvalue weighted by Crippen LogP contribution is 2.36. The lowest BCUT2D eigenvalue weighted by Gasteiger charge is -2.37. The van der Waals surface area contributed by atoms with Crippen LogP contribution < -0.4 is 10.2 Å². The van der Waals surface area contributed by atoms with Crippen LogP contribution in [-0.4, -0.2) is 34.1 Å². The quantitative estimate of drug-likeness (QED) is 0.305. The molecule has 0 aliphatic rings. The van der Waals surface area contributed by atoms with Crippen LogP contribution in [0.25, 0.3) is 11.0 Å². The lowest BCUT2D eigenvalue weighted by molar-refractivity contribution is 0.147. The maximum Gasteiger partial charge on any atom is 0.412 e. The number of furan rings is 1. The third-order valence-electron chi connectivity index (χ3n) is 6.42. The monoisotopic (exact) mass is 482 g/mol. The van der Waals surface area contributed by atoms with Crippen LogP contribution in [0.3, 0.4) is 0 Å².